The maximum Gasteiger partial charge on any atom is 0.256 e. The summed E-state index contributed by atoms with van der Waals surface area (Å²) in [5.74, 6) is -0.304. The highest BCUT2D eigenvalue weighted by molar-refractivity contribution is 8.13. The lowest BCUT2D eigenvalue weighted by atomic mass is 10.2. The fourth-order valence-electron chi connectivity index (χ4n) is 2.91. The highest BCUT2D eigenvalue weighted by Crippen LogP contribution is 2.24. The normalized spacial score (nSPS) is 14.1. The van der Waals surface area contributed by atoms with Gasteiger partial charge in [-0.15, -0.1) is 5.10 Å². The van der Waals surface area contributed by atoms with Crippen molar-refractivity contribution in [3.63, 3.8) is 0 Å². The van der Waals surface area contributed by atoms with Gasteiger partial charge in [0.2, 0.25) is 0 Å². The van der Waals surface area contributed by atoms with Crippen LogP contribution in [-0.4, -0.2) is 69.8 Å². The van der Waals surface area contributed by atoms with Gasteiger partial charge in [-0.2, -0.15) is 0 Å². The third-order valence-electron chi connectivity index (χ3n) is 4.44. The summed E-state index contributed by atoms with van der Waals surface area (Å²) in [4.78, 5) is 4.01. The first-order valence-corrected chi connectivity index (χ1v) is 10.3. The van der Waals surface area contributed by atoms with Gasteiger partial charge < -0.3 is 19.9 Å². The van der Waals surface area contributed by atoms with E-state index in [2.05, 4.69) is 15.6 Å². The van der Waals surface area contributed by atoms with Crippen LogP contribution in [0.2, 0.25) is 0 Å². The number of methoxy groups -OCH3 is 1. The quantitative estimate of drug-likeness (QED) is 0.438. The summed E-state index contributed by atoms with van der Waals surface area (Å²) < 4.78 is 21.1. The number of nitrogens with one attached hydrogen (secondary N) is 2. The van der Waals surface area contributed by atoms with Crippen LogP contribution in [0.1, 0.15) is 5.69 Å². The van der Waals surface area contributed by atoms with Crippen molar-refractivity contribution in [2.24, 2.45) is 0 Å². The summed E-state index contributed by atoms with van der Waals surface area (Å²) in [6.07, 6.45) is 3.61. The van der Waals surface area contributed by atoms with Crippen molar-refractivity contribution in [3.05, 3.63) is 35.9 Å². The first-order chi connectivity index (χ1) is 13.5. The molecule has 0 spiro atoms. The molecule has 2 heterocycles. The Morgan fingerprint density at radius 3 is 2.75 bits per heavy atom. The minimum atomic E-state index is -0.304. The number of benzene rings is 1. The monoisotopic (exact) mass is 423 g/mol. The second-order valence-corrected chi connectivity index (χ2v) is 7.28. The Kier molecular flexibility index (Phi) is 6.68. The van der Waals surface area contributed by atoms with Crippen LogP contribution in [0.4, 0.5) is 10.1 Å². The zero-order chi connectivity index (χ0) is 20.1. The Morgan fingerprint density at radius 2 is 2.11 bits per heavy atom. The van der Waals surface area contributed by atoms with Gasteiger partial charge in [-0.05, 0) is 30.6 Å². The van der Waals surface area contributed by atoms with E-state index < -0.39 is 0 Å². The molecule has 0 unspecified atom stereocenters. The number of halogens is 1. The lowest BCUT2D eigenvalue weighted by Crippen LogP contribution is -2.48. The third-order valence-corrected chi connectivity index (χ3v) is 5.39. The SMILES string of the molecule is COC(=S)NCc1cn(-c2ccc(N3CCN(C(=N)SC)CC3)c(F)c2)nn1. The molecule has 28 heavy (non-hydrogen) atoms. The maximum absolute atomic E-state index is 14.7. The lowest BCUT2D eigenvalue weighted by Gasteiger charge is -2.37. The Balaban J connectivity index is 1.65. The number of hydrogen-bond acceptors (Lipinski definition) is 7. The van der Waals surface area contributed by atoms with Crippen LogP contribution in [-0.2, 0) is 11.3 Å². The van der Waals surface area contributed by atoms with Gasteiger partial charge >= 0.3 is 0 Å². The van der Waals surface area contributed by atoms with Crippen LogP contribution < -0.4 is 10.2 Å². The van der Waals surface area contributed by atoms with E-state index in [1.165, 1.54) is 29.6 Å². The molecule has 2 aromatic rings. The van der Waals surface area contributed by atoms with Crippen LogP contribution >= 0.6 is 24.0 Å². The third kappa shape index (κ3) is 4.71. The molecule has 3 rings (SSSR count). The van der Waals surface area contributed by atoms with Crippen molar-refractivity contribution in [2.75, 3.05) is 44.4 Å². The topological polar surface area (TPSA) is 82.3 Å². The molecular formula is C17H22FN7OS2. The smallest absolute Gasteiger partial charge is 0.256 e. The molecule has 8 nitrogen and oxygen atoms in total. The van der Waals surface area contributed by atoms with Crippen LogP contribution in [0.5, 0.6) is 0 Å². The number of ether oxygens (including phenoxy) is 1. The van der Waals surface area contributed by atoms with Crippen LogP contribution in [0.15, 0.2) is 24.4 Å². The number of anilines is 1. The average Bonchev–Trinajstić information content (AvgIpc) is 3.20. The van der Waals surface area contributed by atoms with Crippen molar-refractivity contribution in [3.8, 4) is 5.69 Å². The Morgan fingerprint density at radius 1 is 1.36 bits per heavy atom. The highest BCUT2D eigenvalue weighted by Gasteiger charge is 2.21. The number of hydrogen-bond donors (Lipinski definition) is 2. The maximum atomic E-state index is 14.7. The molecule has 11 heteroatoms. The van der Waals surface area contributed by atoms with E-state index in [1.54, 1.807) is 12.3 Å². The molecule has 2 N–H and O–H groups in total. The van der Waals surface area contributed by atoms with Gasteiger partial charge in [-0.1, -0.05) is 17.0 Å². The predicted octanol–water partition coefficient (Wildman–Crippen LogP) is 1.85. The number of nitrogens with zero attached hydrogens (tertiary/aromatic N) is 5. The second-order valence-electron chi connectivity index (χ2n) is 6.12. The van der Waals surface area contributed by atoms with Gasteiger partial charge in [0.05, 0.1) is 31.2 Å². The number of rotatable bonds is 4. The van der Waals surface area contributed by atoms with Gasteiger partial charge in [0.25, 0.3) is 5.17 Å². The van der Waals surface area contributed by atoms with E-state index in [4.69, 9.17) is 22.4 Å². The van der Waals surface area contributed by atoms with Gasteiger partial charge in [-0.3, -0.25) is 5.41 Å². The van der Waals surface area contributed by atoms with Gasteiger partial charge in [-0.25, -0.2) is 9.07 Å². The Labute approximate surface area is 172 Å². The fourth-order valence-corrected chi connectivity index (χ4v) is 3.43. The number of piperazine rings is 1. The fraction of sp³-hybridized carbons (Fsp3) is 0.412. The average molecular weight is 424 g/mol. The Bertz CT molecular complexity index is 852. The summed E-state index contributed by atoms with van der Waals surface area (Å²) in [6.45, 7) is 3.16. The zero-order valence-electron chi connectivity index (χ0n) is 15.7. The van der Waals surface area contributed by atoms with Gasteiger partial charge in [0, 0.05) is 32.2 Å². The highest BCUT2D eigenvalue weighted by atomic mass is 32.2. The lowest BCUT2D eigenvalue weighted by molar-refractivity contribution is 0.388. The molecule has 0 atom stereocenters. The largest absolute Gasteiger partial charge is 0.474 e. The van der Waals surface area contributed by atoms with E-state index in [1.807, 2.05) is 22.1 Å². The van der Waals surface area contributed by atoms with Crippen LogP contribution in [0.3, 0.4) is 0 Å². The molecule has 1 saturated heterocycles. The van der Waals surface area contributed by atoms with Crippen molar-refractivity contribution in [1.82, 2.24) is 25.2 Å². The van der Waals surface area contributed by atoms with Crippen molar-refractivity contribution in [1.29, 1.82) is 5.41 Å². The molecule has 0 amide bonds. The van der Waals surface area contributed by atoms with E-state index in [0.717, 1.165) is 0 Å². The number of thioether (sulfide) groups is 1. The molecule has 0 radical (unpaired) electrons. The minimum Gasteiger partial charge on any atom is -0.474 e. The Hall–Kier alpha value is -2.40. The molecular weight excluding hydrogens is 401 g/mol. The van der Waals surface area contributed by atoms with E-state index in [0.29, 0.717) is 55.0 Å². The second kappa shape index (κ2) is 9.20. The van der Waals surface area contributed by atoms with E-state index in [-0.39, 0.29) is 11.0 Å². The van der Waals surface area contributed by atoms with Gasteiger partial charge in [0.15, 0.2) is 5.17 Å². The first kappa shape index (κ1) is 20.3. The molecule has 0 bridgehead atoms. The van der Waals surface area contributed by atoms with E-state index in [9.17, 15) is 4.39 Å². The number of thiocarbonyl (C=S) groups is 1. The summed E-state index contributed by atoms with van der Waals surface area (Å²) in [5, 5.41) is 19.7. The predicted molar refractivity (Wildman–Crippen MR) is 113 cm³/mol. The standard InChI is InChI=1S/C17H22FN7OS2/c1-26-17(27)20-10-12-11-25(22-21-12)13-3-4-15(14(18)9-13)23-5-7-24(8-6-23)16(19)28-2/h3-4,9,11,19H,5-8,10H2,1-2H3,(H,20,27). The zero-order valence-corrected chi connectivity index (χ0v) is 17.3. The summed E-state index contributed by atoms with van der Waals surface area (Å²) >= 11 is 6.34. The molecule has 1 aliphatic heterocycles. The van der Waals surface area contributed by atoms with Gasteiger partial charge in [0.1, 0.15) is 11.5 Å². The number of amidine groups is 1. The molecule has 1 aromatic heterocycles. The van der Waals surface area contributed by atoms with Crippen molar-refractivity contribution >= 4 is 40.0 Å². The van der Waals surface area contributed by atoms with Crippen molar-refractivity contribution < 1.29 is 9.13 Å². The summed E-state index contributed by atoms with van der Waals surface area (Å²) in [6, 6.07) is 5.04. The molecule has 0 saturated carbocycles. The number of aromatic nitrogens is 3. The van der Waals surface area contributed by atoms with Crippen LogP contribution in [0, 0.1) is 11.2 Å². The minimum absolute atomic E-state index is 0.276. The molecule has 1 aromatic carbocycles. The first-order valence-electron chi connectivity index (χ1n) is 8.67. The molecule has 0 aliphatic carbocycles. The molecule has 1 fully saturated rings. The van der Waals surface area contributed by atoms with Crippen LogP contribution in [0.25, 0.3) is 5.69 Å². The van der Waals surface area contributed by atoms with Crippen molar-refractivity contribution in [2.45, 2.75) is 6.54 Å². The summed E-state index contributed by atoms with van der Waals surface area (Å²) in [5.41, 5.74) is 1.82. The molecule has 1 aliphatic rings. The summed E-state index contributed by atoms with van der Waals surface area (Å²) in [7, 11) is 1.49. The van der Waals surface area contributed by atoms with E-state index >= 15 is 0 Å². The molecule has 150 valence electrons.